The second-order valence-electron chi connectivity index (χ2n) is 29.1. The van der Waals surface area contributed by atoms with Crippen molar-refractivity contribution < 1.29 is 171 Å². The lowest BCUT2D eigenvalue weighted by molar-refractivity contribution is -0.229. The van der Waals surface area contributed by atoms with Gasteiger partial charge in [0.15, 0.2) is 37.4 Å². The molecule has 36 nitrogen and oxygen atoms in total. The second kappa shape index (κ2) is 49.4. The number of carbonyl (C=O) groups excluding carboxylic acids is 14. The van der Waals surface area contributed by atoms with E-state index in [9.17, 15) is 67.1 Å². The molecule has 682 valence electrons. The van der Waals surface area contributed by atoms with Crippen molar-refractivity contribution in [1.82, 2.24) is 0 Å². The van der Waals surface area contributed by atoms with Crippen LogP contribution in [0.2, 0.25) is 0 Å². The highest BCUT2D eigenvalue weighted by molar-refractivity contribution is 5.96. The summed E-state index contributed by atoms with van der Waals surface area (Å²) in [5, 5.41) is 0. The molecule has 130 heavy (non-hydrogen) atoms. The van der Waals surface area contributed by atoms with E-state index in [1.54, 1.807) is 0 Å². The van der Waals surface area contributed by atoms with Crippen molar-refractivity contribution in [3.63, 3.8) is 0 Å². The smallest absolute Gasteiger partial charge is 0.342 e. The molecule has 0 aromatic heterocycles. The summed E-state index contributed by atoms with van der Waals surface area (Å²) in [6, 6.07) is 57.5. The molecule has 36 heteroatoms. The SMILES string of the molecule is O=C(CCC(=O)OC1COC(c2ccccc2)OC1)Oc1ccccc1C(=O)OCC(COC(=O)c1ccccc1OC(=O)CCC(=O)OC1COC(c2ccccc2)OC1)OC(=O)CCC(=O)OC(COC(=O)c1ccccc1OC(=O)CCC(=O)OC1COC(c2ccccc2)OC1)COC(=O)c1ccccc1OC(=O)CCC(=O)OC1COC(c2ccccc2)OC1. The van der Waals surface area contributed by atoms with Crippen LogP contribution in [0.1, 0.15) is 153 Å². The standard InChI is InChI=1S/C94H90O36/c95-77(121-63(47-109-87(105)69-29-13-17-33-73(69)127-83(101)43-39-79(97)123-65-51-113-91(114-52-65)59-21-5-1-6-22-59)48-110-88(106)70-30-14-18-34-74(70)128-84(102)44-40-80(98)124-66-53-115-92(116-54-66)60-23-7-2-8-24-60)37-38-78(96)122-64(49-111-89(107)71-31-15-19-35-75(71)129-85(103)45-41-81(99)125-67-55-117-93(118-56-67)61-25-9-3-10-26-61)50-112-90(108)72-32-16-20-36-76(72)130-86(104)46-42-82(100)126-68-57-119-94(120-58-68)62-27-11-4-12-28-62/h1-36,63-68,91-94H,37-58H2. The van der Waals surface area contributed by atoms with Crippen molar-refractivity contribution in [2.75, 3.05) is 79.3 Å². The highest BCUT2D eigenvalue weighted by Gasteiger charge is 2.34. The molecule has 4 heterocycles. The first kappa shape index (κ1) is 95.1. The van der Waals surface area contributed by atoms with Gasteiger partial charge in [-0.1, -0.05) is 170 Å². The van der Waals surface area contributed by atoms with Gasteiger partial charge in [-0.15, -0.1) is 0 Å². The average Bonchev–Trinajstić information content (AvgIpc) is 0.854. The summed E-state index contributed by atoms with van der Waals surface area (Å²) in [7, 11) is 0. The van der Waals surface area contributed by atoms with Crippen molar-refractivity contribution in [2.24, 2.45) is 0 Å². The number of ether oxygens (including phenoxy) is 22. The largest absolute Gasteiger partial charge is 0.458 e. The molecule has 8 aromatic carbocycles. The molecule has 12 rings (SSSR count). The van der Waals surface area contributed by atoms with Crippen LogP contribution in [0.3, 0.4) is 0 Å². The molecule has 4 fully saturated rings. The fourth-order valence-electron chi connectivity index (χ4n) is 12.7. The second-order valence-corrected chi connectivity index (χ2v) is 29.1. The van der Waals surface area contributed by atoms with Crippen molar-refractivity contribution in [3.05, 3.63) is 263 Å². The summed E-state index contributed by atoms with van der Waals surface area (Å²) in [6.07, 6.45) is -14.9. The molecule has 0 amide bonds. The Bertz CT molecular complexity index is 4550. The lowest BCUT2D eigenvalue weighted by Crippen LogP contribution is -2.35. The van der Waals surface area contributed by atoms with Crippen LogP contribution in [-0.2, 0) is 133 Å². The van der Waals surface area contributed by atoms with Gasteiger partial charge in [0.25, 0.3) is 0 Å². The van der Waals surface area contributed by atoms with Crippen LogP contribution in [0.4, 0.5) is 0 Å². The van der Waals surface area contributed by atoms with E-state index in [1.807, 2.05) is 121 Å². The molecule has 0 spiro atoms. The number of hydrogen-bond donors (Lipinski definition) is 0. The third kappa shape index (κ3) is 30.4. The van der Waals surface area contributed by atoms with Crippen LogP contribution in [0.5, 0.6) is 23.0 Å². The highest BCUT2D eigenvalue weighted by atomic mass is 16.7. The Hall–Kier alpha value is -14.0. The van der Waals surface area contributed by atoms with Gasteiger partial charge >= 0.3 is 83.6 Å². The predicted octanol–water partition coefficient (Wildman–Crippen LogP) is 10.4. The minimum Gasteiger partial charge on any atom is -0.458 e. The monoisotopic (exact) mass is 1790 g/mol. The van der Waals surface area contributed by atoms with Gasteiger partial charge in [-0.2, -0.15) is 0 Å². The van der Waals surface area contributed by atoms with E-state index in [1.165, 1.54) is 97.1 Å². The van der Waals surface area contributed by atoms with Gasteiger partial charge in [0, 0.05) is 22.3 Å². The van der Waals surface area contributed by atoms with E-state index in [-0.39, 0.29) is 98.1 Å². The Morgan fingerprint density at radius 3 is 0.608 bits per heavy atom. The Morgan fingerprint density at radius 2 is 0.400 bits per heavy atom. The van der Waals surface area contributed by atoms with E-state index in [0.717, 1.165) is 22.3 Å². The summed E-state index contributed by atoms with van der Waals surface area (Å²) in [4.78, 5) is 188. The Labute approximate surface area is 742 Å². The van der Waals surface area contributed by atoms with Gasteiger partial charge in [0.05, 0.1) is 117 Å². The Kier molecular flexibility index (Phi) is 36.1. The minimum absolute atomic E-state index is 0.00959. The quantitative estimate of drug-likeness (QED) is 0.0195. The van der Waals surface area contributed by atoms with Crippen LogP contribution >= 0.6 is 0 Å². The zero-order valence-corrected chi connectivity index (χ0v) is 69.8. The maximum atomic E-state index is 14.0. The highest BCUT2D eigenvalue weighted by Crippen LogP contribution is 2.32. The maximum Gasteiger partial charge on any atom is 0.342 e. The van der Waals surface area contributed by atoms with Crippen LogP contribution in [0, 0.1) is 0 Å². The molecule has 0 bridgehead atoms. The fraction of sp³-hybridized carbons (Fsp3) is 0.340. The third-order valence-corrected chi connectivity index (χ3v) is 19.1. The number of rotatable bonds is 41. The van der Waals surface area contributed by atoms with Crippen LogP contribution in [-0.4, -0.2) is 199 Å². The lowest BCUT2D eigenvalue weighted by Gasteiger charge is -2.29. The summed E-state index contributed by atoms with van der Waals surface area (Å²) < 4.78 is 123. The number of para-hydroxylation sites is 4. The summed E-state index contributed by atoms with van der Waals surface area (Å²) in [5.74, 6) is -15.5. The van der Waals surface area contributed by atoms with Crippen molar-refractivity contribution in [2.45, 2.75) is 126 Å². The molecule has 0 N–H and O–H groups in total. The first-order valence-corrected chi connectivity index (χ1v) is 41.3. The first-order valence-electron chi connectivity index (χ1n) is 41.3. The molecule has 0 unspecified atom stereocenters. The van der Waals surface area contributed by atoms with Gasteiger partial charge in [-0.05, 0) is 48.5 Å². The van der Waals surface area contributed by atoms with Gasteiger partial charge in [0.1, 0.15) is 96.1 Å². The topological polar surface area (TPSA) is 442 Å². The fourth-order valence-corrected chi connectivity index (χ4v) is 12.7. The van der Waals surface area contributed by atoms with Gasteiger partial charge in [-0.25, -0.2) is 19.2 Å². The van der Waals surface area contributed by atoms with Crippen LogP contribution < -0.4 is 18.9 Å². The number of benzene rings is 8. The number of esters is 14. The van der Waals surface area contributed by atoms with Crippen molar-refractivity contribution in [3.8, 4) is 23.0 Å². The van der Waals surface area contributed by atoms with E-state index in [0.29, 0.717) is 0 Å². The predicted molar refractivity (Wildman–Crippen MR) is 439 cm³/mol. The zero-order valence-electron chi connectivity index (χ0n) is 69.8. The van der Waals surface area contributed by atoms with E-state index in [2.05, 4.69) is 0 Å². The molecule has 0 radical (unpaired) electrons. The van der Waals surface area contributed by atoms with Crippen LogP contribution in [0.25, 0.3) is 0 Å². The Morgan fingerprint density at radius 1 is 0.223 bits per heavy atom. The average molecular weight is 1800 g/mol. The third-order valence-electron chi connectivity index (χ3n) is 19.1. The molecule has 4 aliphatic heterocycles. The summed E-state index contributed by atoms with van der Waals surface area (Å²) >= 11 is 0. The van der Waals surface area contributed by atoms with Crippen molar-refractivity contribution in [1.29, 1.82) is 0 Å². The number of hydrogen-bond acceptors (Lipinski definition) is 36. The normalized spacial score (nSPS) is 18.6. The molecule has 0 aliphatic carbocycles. The number of carbonyl (C=O) groups is 14. The van der Waals surface area contributed by atoms with E-state index >= 15 is 0 Å². The molecule has 4 aliphatic rings. The van der Waals surface area contributed by atoms with Crippen molar-refractivity contribution >= 4 is 83.6 Å². The Balaban J connectivity index is 0.676. The van der Waals surface area contributed by atoms with Gasteiger partial charge in [-0.3, -0.25) is 47.9 Å². The lowest BCUT2D eigenvalue weighted by atomic mass is 10.2. The zero-order chi connectivity index (χ0) is 91.4. The molecular weight excluding hydrogens is 1700 g/mol. The molecular formula is C94H90O36. The molecule has 4 saturated heterocycles. The van der Waals surface area contributed by atoms with E-state index < -0.39 is 236 Å². The van der Waals surface area contributed by atoms with Gasteiger partial charge < -0.3 is 104 Å². The minimum atomic E-state index is -1.74. The van der Waals surface area contributed by atoms with E-state index in [4.69, 9.17) is 104 Å². The summed E-state index contributed by atoms with van der Waals surface area (Å²) in [5.41, 5.74) is 1.64. The molecule has 0 saturated carbocycles. The summed E-state index contributed by atoms with van der Waals surface area (Å²) in [6.45, 7) is -3.61. The van der Waals surface area contributed by atoms with Gasteiger partial charge in [0.2, 0.25) is 0 Å². The van der Waals surface area contributed by atoms with Crippen LogP contribution in [0.15, 0.2) is 218 Å². The molecule has 0 atom stereocenters. The first-order chi connectivity index (χ1) is 63.2. The maximum absolute atomic E-state index is 14.0. The molecule has 8 aromatic rings.